The van der Waals surface area contributed by atoms with Crippen molar-refractivity contribution in [2.75, 3.05) is 6.61 Å². The first kappa shape index (κ1) is 11.0. The average Bonchev–Trinajstić information content (AvgIpc) is 2.20. The molecule has 1 nitrogen and oxygen atoms in total. The Balaban J connectivity index is 2.82. The normalized spacial score (nSPS) is 15.5. The number of rotatable bonds is 4. The van der Waals surface area contributed by atoms with Crippen molar-refractivity contribution < 1.29 is 18.3 Å². The fourth-order valence-electron chi connectivity index (χ4n) is 1.27. The third-order valence-corrected chi connectivity index (χ3v) is 2.05. The maximum Gasteiger partial charge on any atom is 0.270 e. The van der Waals surface area contributed by atoms with Crippen LogP contribution in [0.25, 0.3) is 0 Å². The topological polar surface area (TPSA) is 20.2 Å². The molecule has 2 atom stereocenters. The molecule has 0 amide bonds. The first-order valence-corrected chi connectivity index (χ1v) is 4.25. The Bertz CT molecular complexity index is 263. The van der Waals surface area contributed by atoms with Crippen molar-refractivity contribution in [3.63, 3.8) is 0 Å². The second kappa shape index (κ2) is 5.00. The van der Waals surface area contributed by atoms with Gasteiger partial charge in [-0.15, -0.1) is 0 Å². The van der Waals surface area contributed by atoms with Gasteiger partial charge in [-0.1, -0.05) is 30.3 Å². The van der Waals surface area contributed by atoms with Gasteiger partial charge in [0.15, 0.2) is 6.17 Å². The second-order valence-corrected chi connectivity index (χ2v) is 2.98. The maximum absolute atomic E-state index is 13.0. The number of hydrogen-bond donors (Lipinski definition) is 1. The van der Waals surface area contributed by atoms with Gasteiger partial charge in [0, 0.05) is 5.92 Å². The zero-order valence-corrected chi connectivity index (χ0v) is 7.41. The van der Waals surface area contributed by atoms with Gasteiger partial charge >= 0.3 is 0 Å². The van der Waals surface area contributed by atoms with Gasteiger partial charge in [0.1, 0.15) is 0 Å². The predicted octanol–water partition coefficient (Wildman–Crippen LogP) is 2.37. The summed E-state index contributed by atoms with van der Waals surface area (Å²) >= 11 is 0. The van der Waals surface area contributed by atoms with Crippen LogP contribution in [0.3, 0.4) is 0 Å². The summed E-state index contributed by atoms with van der Waals surface area (Å²) in [5, 5.41) is 8.83. The van der Waals surface area contributed by atoms with Crippen LogP contribution in [-0.2, 0) is 0 Å². The van der Waals surface area contributed by atoms with Gasteiger partial charge < -0.3 is 5.11 Å². The van der Waals surface area contributed by atoms with Gasteiger partial charge in [-0.05, 0) is 5.56 Å². The minimum Gasteiger partial charge on any atom is -0.396 e. The highest BCUT2D eigenvalue weighted by Crippen LogP contribution is 2.25. The lowest BCUT2D eigenvalue weighted by Crippen LogP contribution is -2.24. The highest BCUT2D eigenvalue weighted by Gasteiger charge is 2.30. The minimum absolute atomic E-state index is 0.391. The molecule has 1 aromatic rings. The predicted molar refractivity (Wildman–Crippen MR) is 47.2 cm³/mol. The van der Waals surface area contributed by atoms with Crippen molar-refractivity contribution in [1.29, 1.82) is 0 Å². The van der Waals surface area contributed by atoms with E-state index in [2.05, 4.69) is 0 Å². The zero-order chi connectivity index (χ0) is 10.6. The number of aliphatic hydroxyl groups is 1. The molecule has 0 bridgehead atoms. The molecule has 0 aliphatic rings. The van der Waals surface area contributed by atoms with E-state index < -0.39 is 25.1 Å². The fourth-order valence-corrected chi connectivity index (χ4v) is 1.27. The molecule has 0 aliphatic carbocycles. The molecule has 0 heterocycles. The van der Waals surface area contributed by atoms with E-state index in [-0.39, 0.29) is 0 Å². The minimum atomic E-state index is -3.06. The van der Waals surface area contributed by atoms with Crippen molar-refractivity contribution in [2.24, 2.45) is 0 Å². The molecule has 0 fully saturated rings. The number of aliphatic hydroxyl groups excluding tert-OH is 1. The first-order chi connectivity index (χ1) is 6.66. The smallest absolute Gasteiger partial charge is 0.270 e. The average molecular weight is 204 g/mol. The summed E-state index contributed by atoms with van der Waals surface area (Å²) in [4.78, 5) is 0. The third kappa shape index (κ3) is 2.48. The van der Waals surface area contributed by atoms with E-state index in [1.54, 1.807) is 18.2 Å². The maximum atomic E-state index is 13.0. The largest absolute Gasteiger partial charge is 0.396 e. The monoisotopic (exact) mass is 204 g/mol. The first-order valence-electron chi connectivity index (χ1n) is 4.25. The van der Waals surface area contributed by atoms with E-state index in [1.165, 1.54) is 12.1 Å². The molecule has 0 aromatic heterocycles. The van der Waals surface area contributed by atoms with Crippen LogP contribution in [0, 0.1) is 0 Å². The van der Waals surface area contributed by atoms with Crippen LogP contribution in [-0.4, -0.2) is 24.3 Å². The number of halogens is 3. The lowest BCUT2D eigenvalue weighted by atomic mass is 9.95. The SMILES string of the molecule is OCC(c1ccccc1)C(F)C(F)F. The molecule has 0 radical (unpaired) electrons. The molecule has 0 saturated heterocycles. The Morgan fingerprint density at radius 3 is 2.07 bits per heavy atom. The molecule has 0 spiro atoms. The van der Waals surface area contributed by atoms with Crippen LogP contribution < -0.4 is 0 Å². The van der Waals surface area contributed by atoms with Crippen LogP contribution in [0.4, 0.5) is 13.2 Å². The van der Waals surface area contributed by atoms with Crippen molar-refractivity contribution in [3.8, 4) is 0 Å². The molecule has 0 saturated carbocycles. The summed E-state index contributed by atoms with van der Waals surface area (Å²) < 4.78 is 37.1. The van der Waals surface area contributed by atoms with Gasteiger partial charge in [-0.2, -0.15) is 0 Å². The standard InChI is InChI=1S/C10H11F3O/c11-9(10(12)13)8(6-14)7-4-2-1-3-5-7/h1-5,8-10,14H,6H2. The zero-order valence-electron chi connectivity index (χ0n) is 7.41. The van der Waals surface area contributed by atoms with Crippen molar-refractivity contribution in [1.82, 2.24) is 0 Å². The summed E-state index contributed by atoms with van der Waals surface area (Å²) in [6, 6.07) is 7.99. The second-order valence-electron chi connectivity index (χ2n) is 2.98. The van der Waals surface area contributed by atoms with E-state index in [4.69, 9.17) is 5.11 Å². The van der Waals surface area contributed by atoms with Crippen LogP contribution in [0.2, 0.25) is 0 Å². The lowest BCUT2D eigenvalue weighted by Gasteiger charge is -2.18. The molecule has 4 heteroatoms. The van der Waals surface area contributed by atoms with Gasteiger partial charge in [0.05, 0.1) is 6.61 Å². The van der Waals surface area contributed by atoms with Crippen molar-refractivity contribution >= 4 is 0 Å². The molecule has 0 aliphatic heterocycles. The number of benzene rings is 1. The van der Waals surface area contributed by atoms with Crippen LogP contribution >= 0.6 is 0 Å². The molecule has 1 rings (SSSR count). The Hall–Kier alpha value is -1.03. The van der Waals surface area contributed by atoms with Crippen LogP contribution in [0.5, 0.6) is 0 Å². The van der Waals surface area contributed by atoms with Gasteiger partial charge in [-0.3, -0.25) is 0 Å². The highest BCUT2D eigenvalue weighted by atomic mass is 19.3. The van der Waals surface area contributed by atoms with Gasteiger partial charge in [0.2, 0.25) is 0 Å². The van der Waals surface area contributed by atoms with E-state index in [9.17, 15) is 13.2 Å². The van der Waals surface area contributed by atoms with E-state index in [0.29, 0.717) is 5.56 Å². The molecule has 78 valence electrons. The quantitative estimate of drug-likeness (QED) is 0.798. The van der Waals surface area contributed by atoms with Gasteiger partial charge in [0.25, 0.3) is 6.43 Å². The molecule has 2 unspecified atom stereocenters. The Labute approximate surface area is 80.2 Å². The summed E-state index contributed by atoms with van der Waals surface area (Å²) in [5.74, 6) is -1.14. The van der Waals surface area contributed by atoms with Gasteiger partial charge in [-0.25, -0.2) is 13.2 Å². The van der Waals surface area contributed by atoms with E-state index in [1.807, 2.05) is 0 Å². The summed E-state index contributed by atoms with van der Waals surface area (Å²) in [6.45, 7) is -0.616. The summed E-state index contributed by atoms with van der Waals surface area (Å²) in [6.07, 6.45) is -5.38. The lowest BCUT2D eigenvalue weighted by molar-refractivity contribution is 0.0219. The number of alkyl halides is 3. The Kier molecular flexibility index (Phi) is 3.95. The van der Waals surface area contributed by atoms with E-state index >= 15 is 0 Å². The summed E-state index contributed by atoms with van der Waals surface area (Å²) in [5.41, 5.74) is 0.391. The fraction of sp³-hybridized carbons (Fsp3) is 0.400. The van der Waals surface area contributed by atoms with Crippen LogP contribution in [0.15, 0.2) is 30.3 Å². The third-order valence-electron chi connectivity index (χ3n) is 2.05. The van der Waals surface area contributed by atoms with Crippen molar-refractivity contribution in [3.05, 3.63) is 35.9 Å². The van der Waals surface area contributed by atoms with Crippen molar-refractivity contribution in [2.45, 2.75) is 18.5 Å². The van der Waals surface area contributed by atoms with E-state index in [0.717, 1.165) is 0 Å². The molecule has 14 heavy (non-hydrogen) atoms. The molecule has 1 N–H and O–H groups in total. The number of hydrogen-bond acceptors (Lipinski definition) is 1. The summed E-state index contributed by atoms with van der Waals surface area (Å²) in [7, 11) is 0. The Morgan fingerprint density at radius 1 is 1.07 bits per heavy atom. The Morgan fingerprint density at radius 2 is 1.64 bits per heavy atom. The highest BCUT2D eigenvalue weighted by molar-refractivity contribution is 5.21. The molecular weight excluding hydrogens is 193 g/mol. The molecular formula is C10H11F3O. The molecule has 1 aromatic carbocycles. The van der Waals surface area contributed by atoms with Crippen LogP contribution in [0.1, 0.15) is 11.5 Å².